The summed E-state index contributed by atoms with van der Waals surface area (Å²) in [5, 5.41) is 0. The van der Waals surface area contributed by atoms with Crippen molar-refractivity contribution in [2.75, 3.05) is 0 Å². The van der Waals surface area contributed by atoms with Gasteiger partial charge in [0.15, 0.2) is 0 Å². The number of hydrogen-bond acceptors (Lipinski definition) is 1. The van der Waals surface area contributed by atoms with E-state index in [1.165, 1.54) is 0 Å². The maximum Gasteiger partial charge on any atom is 0.223 e. The van der Waals surface area contributed by atoms with E-state index in [4.69, 9.17) is 0 Å². The first kappa shape index (κ1) is 6.89. The summed E-state index contributed by atoms with van der Waals surface area (Å²) in [4.78, 5) is 10.2. The second kappa shape index (κ2) is 2.97. The molecule has 2 heteroatoms. The Labute approximate surface area is 51.5 Å². The molecule has 0 heterocycles. The molecule has 0 aromatic carbocycles. The zero-order valence-corrected chi connectivity index (χ0v) is 5.95. The fraction of sp³-hybridized carbons (Fsp3) is 0.400. The predicted molar refractivity (Wildman–Crippen MR) is 33.4 cm³/mol. The molecule has 0 aliphatic carbocycles. The van der Waals surface area contributed by atoms with E-state index in [-0.39, 0.29) is 4.69 Å². The summed E-state index contributed by atoms with van der Waals surface area (Å²) >= 11 is 2.79. The minimum atomic E-state index is -0.0324. The Balaban J connectivity index is 3.82. The average Bonchev–Trinajstić information content (AvgIpc) is 1.65. The maximum absolute atomic E-state index is 10.2. The van der Waals surface area contributed by atoms with E-state index in [0.717, 1.165) is 5.57 Å². The van der Waals surface area contributed by atoms with Gasteiger partial charge in [-0.1, -0.05) is 6.08 Å². The maximum atomic E-state index is 10.2. The van der Waals surface area contributed by atoms with Crippen molar-refractivity contribution in [3.63, 3.8) is 0 Å². The Morgan fingerprint density at radius 2 is 2.14 bits per heavy atom. The van der Waals surface area contributed by atoms with Crippen LogP contribution < -0.4 is 0 Å². The standard InChI is InChI=1S/C5H7BrO/c1-3-4(2)5(6)7/h3H,1-2H3/b4-3+. The molecule has 0 atom stereocenters. The van der Waals surface area contributed by atoms with Crippen LogP contribution in [0.2, 0.25) is 0 Å². The number of allylic oxidation sites excluding steroid dienone is 2. The molecule has 0 saturated heterocycles. The normalized spacial score (nSPS) is 11.6. The lowest BCUT2D eigenvalue weighted by Gasteiger charge is -1.83. The van der Waals surface area contributed by atoms with Gasteiger partial charge >= 0.3 is 0 Å². The van der Waals surface area contributed by atoms with Gasteiger partial charge in [0.25, 0.3) is 0 Å². The average molecular weight is 163 g/mol. The van der Waals surface area contributed by atoms with Gasteiger partial charge in [0.05, 0.1) is 0 Å². The molecule has 0 amide bonds. The second-order valence-electron chi connectivity index (χ2n) is 1.25. The van der Waals surface area contributed by atoms with Gasteiger partial charge in [-0.05, 0) is 35.4 Å². The summed E-state index contributed by atoms with van der Waals surface area (Å²) in [6.07, 6.45) is 1.76. The number of rotatable bonds is 1. The molecular weight excluding hydrogens is 156 g/mol. The molecule has 0 aromatic rings. The second-order valence-corrected chi connectivity index (χ2v) is 1.97. The zero-order valence-electron chi connectivity index (χ0n) is 4.36. The number of carbonyl (C=O) groups is 1. The molecule has 0 bridgehead atoms. The molecule has 1 nitrogen and oxygen atoms in total. The molecule has 0 N–H and O–H groups in total. The first-order chi connectivity index (χ1) is 3.18. The molecule has 0 saturated carbocycles. The van der Waals surface area contributed by atoms with Crippen LogP contribution in [0.4, 0.5) is 0 Å². The molecule has 0 aromatic heterocycles. The quantitative estimate of drug-likeness (QED) is 0.426. The number of hydrogen-bond donors (Lipinski definition) is 0. The first-order valence-electron chi connectivity index (χ1n) is 2.01. The van der Waals surface area contributed by atoms with Crippen LogP contribution in [0.15, 0.2) is 11.6 Å². The monoisotopic (exact) mass is 162 g/mol. The summed E-state index contributed by atoms with van der Waals surface area (Å²) in [5.41, 5.74) is 0.750. The third-order valence-electron chi connectivity index (χ3n) is 0.743. The largest absolute Gasteiger partial charge is 0.281 e. The number of carbonyl (C=O) groups excluding carboxylic acids is 1. The molecule has 0 unspecified atom stereocenters. The topological polar surface area (TPSA) is 17.1 Å². The Bertz CT molecular complexity index is 105. The molecule has 0 spiro atoms. The molecule has 0 fully saturated rings. The molecule has 0 aliphatic rings. The molecule has 0 aliphatic heterocycles. The van der Waals surface area contributed by atoms with Crippen LogP contribution in [-0.2, 0) is 4.79 Å². The van der Waals surface area contributed by atoms with Gasteiger partial charge < -0.3 is 0 Å². The van der Waals surface area contributed by atoms with Gasteiger partial charge in [-0.2, -0.15) is 0 Å². The molecular formula is C5H7BrO. The van der Waals surface area contributed by atoms with E-state index in [0.29, 0.717) is 0 Å². The smallest absolute Gasteiger partial charge is 0.223 e. The lowest BCUT2D eigenvalue weighted by atomic mass is 10.3. The van der Waals surface area contributed by atoms with E-state index < -0.39 is 0 Å². The van der Waals surface area contributed by atoms with Gasteiger partial charge in [-0.3, -0.25) is 4.79 Å². The Hall–Kier alpha value is -0.110. The minimum Gasteiger partial charge on any atom is -0.281 e. The van der Waals surface area contributed by atoms with Crippen LogP contribution >= 0.6 is 15.9 Å². The van der Waals surface area contributed by atoms with Crippen molar-refractivity contribution in [3.05, 3.63) is 11.6 Å². The predicted octanol–water partition coefficient (Wildman–Crippen LogP) is 1.87. The van der Waals surface area contributed by atoms with Crippen molar-refractivity contribution in [2.24, 2.45) is 0 Å². The lowest BCUT2D eigenvalue weighted by molar-refractivity contribution is -0.107. The fourth-order valence-corrected chi connectivity index (χ4v) is 0.342. The van der Waals surface area contributed by atoms with E-state index in [9.17, 15) is 4.79 Å². The van der Waals surface area contributed by atoms with Crippen LogP contribution in [-0.4, -0.2) is 4.69 Å². The summed E-state index contributed by atoms with van der Waals surface area (Å²) in [5.74, 6) is 0. The zero-order chi connectivity index (χ0) is 5.86. The summed E-state index contributed by atoms with van der Waals surface area (Å²) < 4.78 is -0.0324. The third kappa shape index (κ3) is 2.57. The SMILES string of the molecule is C/C=C(\C)C(=O)Br. The Morgan fingerprint density at radius 1 is 1.71 bits per heavy atom. The van der Waals surface area contributed by atoms with Crippen LogP contribution in [0.1, 0.15) is 13.8 Å². The van der Waals surface area contributed by atoms with Crippen LogP contribution in [0.3, 0.4) is 0 Å². The van der Waals surface area contributed by atoms with E-state index in [1.807, 2.05) is 6.92 Å². The highest BCUT2D eigenvalue weighted by Crippen LogP contribution is 1.98. The van der Waals surface area contributed by atoms with Gasteiger partial charge in [0.1, 0.15) is 0 Å². The molecule has 40 valence electrons. The van der Waals surface area contributed by atoms with Gasteiger partial charge in [-0.25, -0.2) is 0 Å². The van der Waals surface area contributed by atoms with Crippen molar-refractivity contribution < 1.29 is 4.79 Å². The first-order valence-corrected chi connectivity index (χ1v) is 2.80. The lowest BCUT2D eigenvalue weighted by Crippen LogP contribution is -1.83. The van der Waals surface area contributed by atoms with Gasteiger partial charge in [-0.15, -0.1) is 0 Å². The highest BCUT2D eigenvalue weighted by Gasteiger charge is 1.92. The Morgan fingerprint density at radius 3 is 2.14 bits per heavy atom. The molecule has 7 heavy (non-hydrogen) atoms. The van der Waals surface area contributed by atoms with Crippen LogP contribution in [0.25, 0.3) is 0 Å². The summed E-state index contributed by atoms with van der Waals surface area (Å²) in [7, 11) is 0. The van der Waals surface area contributed by atoms with Crippen LogP contribution in [0, 0.1) is 0 Å². The van der Waals surface area contributed by atoms with Crippen molar-refractivity contribution in [1.82, 2.24) is 0 Å². The van der Waals surface area contributed by atoms with Crippen molar-refractivity contribution in [1.29, 1.82) is 0 Å². The van der Waals surface area contributed by atoms with E-state index in [2.05, 4.69) is 15.9 Å². The summed E-state index contributed by atoms with van der Waals surface area (Å²) in [6.45, 7) is 3.59. The van der Waals surface area contributed by atoms with Crippen molar-refractivity contribution in [3.8, 4) is 0 Å². The van der Waals surface area contributed by atoms with Gasteiger partial charge in [0.2, 0.25) is 4.69 Å². The third-order valence-corrected chi connectivity index (χ3v) is 1.37. The fourth-order valence-electron chi connectivity index (χ4n) is 0.113. The van der Waals surface area contributed by atoms with E-state index in [1.54, 1.807) is 13.0 Å². The highest BCUT2D eigenvalue weighted by molar-refractivity contribution is 9.18. The minimum absolute atomic E-state index is 0.0324. The van der Waals surface area contributed by atoms with Crippen molar-refractivity contribution in [2.45, 2.75) is 13.8 Å². The van der Waals surface area contributed by atoms with Crippen LogP contribution in [0.5, 0.6) is 0 Å². The molecule has 0 radical (unpaired) electrons. The van der Waals surface area contributed by atoms with E-state index >= 15 is 0 Å². The highest BCUT2D eigenvalue weighted by atomic mass is 79.9. The van der Waals surface area contributed by atoms with Gasteiger partial charge in [0, 0.05) is 0 Å². The Kier molecular flexibility index (Phi) is 2.92. The summed E-state index contributed by atoms with van der Waals surface area (Å²) in [6, 6.07) is 0. The molecule has 0 rings (SSSR count). The number of halogens is 1. The van der Waals surface area contributed by atoms with Crippen molar-refractivity contribution >= 4 is 20.6 Å².